The van der Waals surface area contributed by atoms with Crippen LogP contribution in [0.1, 0.15) is 22.3 Å². The van der Waals surface area contributed by atoms with E-state index < -0.39 is 12.4 Å². The summed E-state index contributed by atoms with van der Waals surface area (Å²) in [5.74, 6) is -0.486. The summed E-state index contributed by atoms with van der Waals surface area (Å²) in [5.41, 5.74) is -0.530. The van der Waals surface area contributed by atoms with Crippen LogP contribution in [-0.4, -0.2) is 25.0 Å². The van der Waals surface area contributed by atoms with Gasteiger partial charge in [-0.15, -0.1) is 0 Å². The predicted molar refractivity (Wildman–Crippen MR) is 62.0 cm³/mol. The lowest BCUT2D eigenvalue weighted by molar-refractivity contribution is 0.0589. The number of alkyl halides is 3. The number of rotatable bonds is 5. The van der Waals surface area contributed by atoms with Crippen molar-refractivity contribution in [2.24, 2.45) is 0 Å². The highest BCUT2D eigenvalue weighted by molar-refractivity contribution is 9.09. The Morgan fingerprint density at radius 3 is 2.71 bits per heavy atom. The van der Waals surface area contributed by atoms with E-state index in [0.29, 0.717) is 17.7 Å². The molecule has 94 valence electrons. The first-order chi connectivity index (χ1) is 8.10. The fraction of sp³-hybridized carbons (Fsp3) is 0.364. The average molecular weight is 309 g/mol. The van der Waals surface area contributed by atoms with Gasteiger partial charge in [0.15, 0.2) is 0 Å². The molecule has 0 aliphatic carbocycles. The van der Waals surface area contributed by atoms with Gasteiger partial charge in [-0.1, -0.05) is 15.9 Å². The number of halogens is 3. The van der Waals surface area contributed by atoms with Crippen LogP contribution >= 0.6 is 15.9 Å². The Bertz CT molecular complexity index is 396. The molecule has 0 radical (unpaired) electrons. The van der Waals surface area contributed by atoms with E-state index in [4.69, 9.17) is 4.74 Å². The minimum absolute atomic E-state index is 0.145. The molecule has 0 spiro atoms. The van der Waals surface area contributed by atoms with Crippen LogP contribution in [0, 0.1) is 0 Å². The van der Waals surface area contributed by atoms with Gasteiger partial charge in [-0.25, -0.2) is 13.6 Å². The zero-order chi connectivity index (χ0) is 12.8. The summed E-state index contributed by atoms with van der Waals surface area (Å²) in [6.07, 6.45) is -2.75. The van der Waals surface area contributed by atoms with Crippen LogP contribution in [-0.2, 0) is 4.74 Å². The number of carbonyl (C=O) groups excluding carboxylic acids is 1. The highest BCUT2D eigenvalue weighted by Crippen LogP contribution is 2.27. The first-order valence-corrected chi connectivity index (χ1v) is 5.91. The summed E-state index contributed by atoms with van der Waals surface area (Å²) >= 11 is 3.16. The van der Waals surface area contributed by atoms with E-state index in [2.05, 4.69) is 20.7 Å². The van der Waals surface area contributed by atoms with E-state index in [1.807, 2.05) is 0 Å². The van der Waals surface area contributed by atoms with Gasteiger partial charge in [0.25, 0.3) is 6.43 Å². The van der Waals surface area contributed by atoms with Crippen LogP contribution in [0.25, 0.3) is 0 Å². The maximum Gasteiger partial charge on any atom is 0.338 e. The number of esters is 1. The van der Waals surface area contributed by atoms with Crippen LogP contribution < -0.4 is 4.74 Å². The Hall–Kier alpha value is -1.17. The van der Waals surface area contributed by atoms with Gasteiger partial charge in [0.1, 0.15) is 5.75 Å². The average Bonchev–Trinajstić information content (AvgIpc) is 2.35. The van der Waals surface area contributed by atoms with Gasteiger partial charge >= 0.3 is 5.97 Å². The molecule has 0 N–H and O–H groups in total. The second-order valence-electron chi connectivity index (χ2n) is 3.08. The molecule has 0 aliphatic heterocycles. The number of hydrogen-bond donors (Lipinski definition) is 0. The van der Waals surface area contributed by atoms with Crippen LogP contribution in [0.5, 0.6) is 5.75 Å². The third-order valence-corrected chi connectivity index (χ3v) is 2.33. The van der Waals surface area contributed by atoms with Crippen molar-refractivity contribution < 1.29 is 23.0 Å². The van der Waals surface area contributed by atoms with Crippen LogP contribution in [0.3, 0.4) is 0 Å². The topological polar surface area (TPSA) is 35.5 Å². The smallest absolute Gasteiger partial charge is 0.338 e. The normalized spacial score (nSPS) is 10.4. The number of methoxy groups -OCH3 is 1. The van der Waals surface area contributed by atoms with E-state index in [1.165, 1.54) is 12.1 Å². The Kier molecular flexibility index (Phi) is 5.34. The molecule has 0 amide bonds. The zero-order valence-corrected chi connectivity index (χ0v) is 10.7. The number of benzene rings is 1. The first kappa shape index (κ1) is 13.9. The molecule has 17 heavy (non-hydrogen) atoms. The molecule has 0 bridgehead atoms. The largest absolute Gasteiger partial charge is 0.493 e. The molecule has 0 saturated carbocycles. The summed E-state index contributed by atoms with van der Waals surface area (Å²) in [6.45, 7) is 0.361. The van der Waals surface area contributed by atoms with Gasteiger partial charge < -0.3 is 9.47 Å². The quantitative estimate of drug-likeness (QED) is 0.619. The molecule has 1 rings (SSSR count). The summed E-state index contributed by atoms with van der Waals surface area (Å²) < 4.78 is 35.1. The van der Waals surface area contributed by atoms with Crippen molar-refractivity contribution in [2.45, 2.75) is 6.43 Å². The van der Waals surface area contributed by atoms with E-state index >= 15 is 0 Å². The van der Waals surface area contributed by atoms with Crippen LogP contribution in [0.2, 0.25) is 0 Å². The van der Waals surface area contributed by atoms with Crippen LogP contribution in [0.4, 0.5) is 8.78 Å². The summed E-state index contributed by atoms with van der Waals surface area (Å²) in [4.78, 5) is 11.3. The van der Waals surface area contributed by atoms with Crippen molar-refractivity contribution in [3.63, 3.8) is 0 Å². The maximum absolute atomic E-state index is 12.8. The highest BCUT2D eigenvalue weighted by Gasteiger charge is 2.19. The highest BCUT2D eigenvalue weighted by atomic mass is 79.9. The molecule has 0 aliphatic rings. The van der Waals surface area contributed by atoms with Crippen molar-refractivity contribution in [1.29, 1.82) is 0 Å². The molecule has 0 saturated heterocycles. The fourth-order valence-corrected chi connectivity index (χ4v) is 1.43. The predicted octanol–water partition coefficient (Wildman–Crippen LogP) is 3.18. The second-order valence-corrected chi connectivity index (χ2v) is 3.87. The minimum Gasteiger partial charge on any atom is -0.493 e. The SMILES string of the molecule is COC(=O)c1ccc(OCCBr)cc1C(F)F. The van der Waals surface area contributed by atoms with Gasteiger partial charge in [-0.05, 0) is 18.2 Å². The Labute approximate surface area is 106 Å². The fourth-order valence-electron chi connectivity index (χ4n) is 1.26. The molecule has 0 heterocycles. The second kappa shape index (κ2) is 6.54. The molecule has 3 nitrogen and oxygen atoms in total. The Balaban J connectivity index is 3.04. The standard InChI is InChI=1S/C11H11BrF2O3/c1-16-11(15)8-3-2-7(17-5-4-12)6-9(8)10(13)14/h2-3,6,10H,4-5H2,1H3. The molecule has 0 atom stereocenters. The Morgan fingerprint density at radius 2 is 2.18 bits per heavy atom. The Morgan fingerprint density at radius 1 is 1.47 bits per heavy atom. The van der Waals surface area contributed by atoms with Crippen molar-refractivity contribution >= 4 is 21.9 Å². The van der Waals surface area contributed by atoms with Crippen molar-refractivity contribution in [2.75, 3.05) is 19.0 Å². The lowest BCUT2D eigenvalue weighted by Crippen LogP contribution is -2.07. The van der Waals surface area contributed by atoms with E-state index in [-0.39, 0.29) is 11.1 Å². The third kappa shape index (κ3) is 3.66. The van der Waals surface area contributed by atoms with E-state index in [1.54, 1.807) is 0 Å². The number of hydrogen-bond acceptors (Lipinski definition) is 3. The molecule has 0 aromatic heterocycles. The van der Waals surface area contributed by atoms with Gasteiger partial charge in [-0.3, -0.25) is 0 Å². The number of ether oxygens (including phenoxy) is 2. The summed E-state index contributed by atoms with van der Waals surface area (Å²) in [7, 11) is 1.15. The molecular formula is C11H11BrF2O3. The summed E-state index contributed by atoms with van der Waals surface area (Å²) in [5, 5.41) is 0.593. The van der Waals surface area contributed by atoms with Crippen molar-refractivity contribution in [1.82, 2.24) is 0 Å². The molecule has 0 fully saturated rings. The maximum atomic E-state index is 12.8. The molecule has 1 aromatic rings. The first-order valence-electron chi connectivity index (χ1n) is 4.79. The third-order valence-electron chi connectivity index (χ3n) is 2.01. The van der Waals surface area contributed by atoms with Crippen molar-refractivity contribution in [3.05, 3.63) is 29.3 Å². The zero-order valence-electron chi connectivity index (χ0n) is 9.08. The lowest BCUT2D eigenvalue weighted by atomic mass is 10.1. The molecular weight excluding hydrogens is 298 g/mol. The monoisotopic (exact) mass is 308 g/mol. The van der Waals surface area contributed by atoms with E-state index in [0.717, 1.165) is 13.2 Å². The molecule has 6 heteroatoms. The van der Waals surface area contributed by atoms with Crippen molar-refractivity contribution in [3.8, 4) is 5.75 Å². The number of carbonyl (C=O) groups is 1. The van der Waals surface area contributed by atoms with Gasteiger partial charge in [0.05, 0.1) is 19.3 Å². The minimum atomic E-state index is -2.75. The van der Waals surface area contributed by atoms with Crippen LogP contribution in [0.15, 0.2) is 18.2 Å². The van der Waals surface area contributed by atoms with Gasteiger partial charge in [-0.2, -0.15) is 0 Å². The van der Waals surface area contributed by atoms with Gasteiger partial charge in [0.2, 0.25) is 0 Å². The molecule has 1 aromatic carbocycles. The van der Waals surface area contributed by atoms with E-state index in [9.17, 15) is 13.6 Å². The molecule has 0 unspecified atom stereocenters. The van der Waals surface area contributed by atoms with Gasteiger partial charge in [0, 0.05) is 10.9 Å². The lowest BCUT2D eigenvalue weighted by Gasteiger charge is -2.10. The summed E-state index contributed by atoms with van der Waals surface area (Å²) in [6, 6.07) is 3.89.